The summed E-state index contributed by atoms with van der Waals surface area (Å²) in [5.41, 5.74) is 1.19. The fourth-order valence-electron chi connectivity index (χ4n) is 3.46. The zero-order chi connectivity index (χ0) is 17.1. The van der Waals surface area contributed by atoms with Crippen molar-refractivity contribution in [2.75, 3.05) is 20.1 Å². The molecule has 130 valence electrons. The average molecular weight is 329 g/mol. The van der Waals surface area contributed by atoms with Gasteiger partial charge in [-0.3, -0.25) is 4.99 Å². The van der Waals surface area contributed by atoms with Crippen LogP contribution in [0.3, 0.4) is 0 Å². The molecule has 0 aliphatic carbocycles. The molecular weight excluding hydrogens is 302 g/mol. The highest BCUT2D eigenvalue weighted by Gasteiger charge is 2.28. The molecule has 0 saturated carbocycles. The summed E-state index contributed by atoms with van der Waals surface area (Å²) in [6, 6.07) is 2.51. The summed E-state index contributed by atoms with van der Waals surface area (Å²) in [6.45, 7) is 9.00. The second-order valence-corrected chi connectivity index (χ2v) is 6.63. The number of aromatic nitrogens is 2. The highest BCUT2D eigenvalue weighted by molar-refractivity contribution is 5.80. The summed E-state index contributed by atoms with van der Waals surface area (Å²) in [5.74, 6) is 3.50. The van der Waals surface area contributed by atoms with Gasteiger partial charge in [0.15, 0.2) is 5.96 Å². The first kappa shape index (κ1) is 16.6. The first-order valence-electron chi connectivity index (χ1n) is 8.57. The zero-order valence-electron chi connectivity index (χ0n) is 15.0. The molecule has 2 aromatic heterocycles. The lowest BCUT2D eigenvalue weighted by molar-refractivity contribution is 0.189. The van der Waals surface area contributed by atoms with Crippen LogP contribution in [-0.2, 0) is 6.54 Å². The molecule has 1 saturated heterocycles. The summed E-state index contributed by atoms with van der Waals surface area (Å²) in [7, 11) is 1.85. The van der Waals surface area contributed by atoms with E-state index in [1.54, 1.807) is 0 Å². The molecule has 1 fully saturated rings. The van der Waals surface area contributed by atoms with E-state index in [-0.39, 0.29) is 0 Å². The second-order valence-electron chi connectivity index (χ2n) is 6.63. The van der Waals surface area contributed by atoms with E-state index >= 15 is 0 Å². The van der Waals surface area contributed by atoms with Crippen LogP contribution in [-0.4, -0.2) is 40.5 Å². The SMILES string of the molecule is CN=C(NCc1cc(C)oc1C)N1CCC(C)C(n2ccnc2)C1. The van der Waals surface area contributed by atoms with Crippen LogP contribution in [0.5, 0.6) is 0 Å². The van der Waals surface area contributed by atoms with Gasteiger partial charge >= 0.3 is 0 Å². The van der Waals surface area contributed by atoms with E-state index in [0.29, 0.717) is 12.0 Å². The van der Waals surface area contributed by atoms with E-state index in [4.69, 9.17) is 4.42 Å². The standard InChI is InChI=1S/C18H27N5O/c1-13-5-7-22(11-17(13)23-8-6-20-12-23)18(19-4)21-10-16-9-14(2)24-15(16)3/h6,8-9,12-13,17H,5,7,10-11H2,1-4H3,(H,19,21). The number of nitrogens with one attached hydrogen (secondary N) is 1. The number of rotatable bonds is 3. The third kappa shape index (κ3) is 3.47. The fraction of sp³-hybridized carbons (Fsp3) is 0.556. The average Bonchev–Trinajstić information content (AvgIpc) is 3.19. The van der Waals surface area contributed by atoms with Gasteiger partial charge in [-0.1, -0.05) is 6.92 Å². The van der Waals surface area contributed by atoms with Gasteiger partial charge in [0.05, 0.1) is 12.4 Å². The predicted molar refractivity (Wildman–Crippen MR) is 95.0 cm³/mol. The van der Waals surface area contributed by atoms with Crippen LogP contribution in [0.1, 0.15) is 36.5 Å². The Morgan fingerprint density at radius 3 is 2.92 bits per heavy atom. The molecule has 6 nitrogen and oxygen atoms in total. The summed E-state index contributed by atoms with van der Waals surface area (Å²) in [4.78, 5) is 11.0. The molecule has 0 amide bonds. The Morgan fingerprint density at radius 1 is 1.46 bits per heavy atom. The van der Waals surface area contributed by atoms with Crippen LogP contribution in [0.25, 0.3) is 0 Å². The minimum atomic E-state index is 0.428. The first-order valence-corrected chi connectivity index (χ1v) is 8.57. The number of guanidine groups is 1. The van der Waals surface area contributed by atoms with Crippen LogP contribution < -0.4 is 5.32 Å². The molecule has 6 heteroatoms. The molecular formula is C18H27N5O. The molecule has 3 heterocycles. The van der Waals surface area contributed by atoms with Crippen molar-refractivity contribution in [1.82, 2.24) is 19.8 Å². The summed E-state index contributed by atoms with van der Waals surface area (Å²) < 4.78 is 7.82. The van der Waals surface area contributed by atoms with Crippen molar-refractivity contribution < 1.29 is 4.42 Å². The van der Waals surface area contributed by atoms with Gasteiger partial charge in [0.1, 0.15) is 11.5 Å². The summed E-state index contributed by atoms with van der Waals surface area (Å²) in [6.07, 6.45) is 6.97. The van der Waals surface area contributed by atoms with Crippen molar-refractivity contribution >= 4 is 5.96 Å². The zero-order valence-corrected chi connectivity index (χ0v) is 15.0. The quantitative estimate of drug-likeness (QED) is 0.695. The van der Waals surface area contributed by atoms with E-state index in [9.17, 15) is 0 Å². The molecule has 0 spiro atoms. The summed E-state index contributed by atoms with van der Waals surface area (Å²) >= 11 is 0. The molecule has 3 rings (SSSR count). The Balaban J connectivity index is 1.66. The number of hydrogen-bond acceptors (Lipinski definition) is 3. The molecule has 2 unspecified atom stereocenters. The predicted octanol–water partition coefficient (Wildman–Crippen LogP) is 2.75. The van der Waals surface area contributed by atoms with Gasteiger partial charge in [-0.05, 0) is 32.3 Å². The number of imidazole rings is 1. The van der Waals surface area contributed by atoms with E-state index in [2.05, 4.69) is 43.9 Å². The van der Waals surface area contributed by atoms with E-state index in [1.807, 2.05) is 33.4 Å². The van der Waals surface area contributed by atoms with Gasteiger partial charge in [0.25, 0.3) is 0 Å². The van der Waals surface area contributed by atoms with Gasteiger partial charge in [-0.25, -0.2) is 4.98 Å². The van der Waals surface area contributed by atoms with Gasteiger partial charge in [0.2, 0.25) is 0 Å². The van der Waals surface area contributed by atoms with Crippen molar-refractivity contribution in [2.24, 2.45) is 10.9 Å². The number of aryl methyl sites for hydroxylation is 2. The molecule has 0 bridgehead atoms. The van der Waals surface area contributed by atoms with Gasteiger partial charge in [0, 0.05) is 44.6 Å². The molecule has 0 aromatic carbocycles. The number of likely N-dealkylation sites (tertiary alicyclic amines) is 1. The minimum Gasteiger partial charge on any atom is -0.466 e. The molecule has 1 aliphatic rings. The number of aliphatic imine (C=N–C) groups is 1. The number of nitrogens with zero attached hydrogens (tertiary/aromatic N) is 4. The maximum Gasteiger partial charge on any atom is 0.193 e. The molecule has 2 atom stereocenters. The van der Waals surface area contributed by atoms with Gasteiger partial charge in [-0.2, -0.15) is 0 Å². The van der Waals surface area contributed by atoms with Crippen LogP contribution in [0.4, 0.5) is 0 Å². The molecule has 24 heavy (non-hydrogen) atoms. The molecule has 0 radical (unpaired) electrons. The Labute approximate surface area is 143 Å². The van der Waals surface area contributed by atoms with Crippen LogP contribution >= 0.6 is 0 Å². The van der Waals surface area contributed by atoms with Gasteiger partial charge < -0.3 is 19.2 Å². The van der Waals surface area contributed by atoms with E-state index in [0.717, 1.165) is 43.5 Å². The third-order valence-corrected chi connectivity index (χ3v) is 4.92. The highest BCUT2D eigenvalue weighted by atomic mass is 16.3. The maximum atomic E-state index is 5.60. The molecule has 1 aliphatic heterocycles. The smallest absolute Gasteiger partial charge is 0.193 e. The van der Waals surface area contributed by atoms with Crippen molar-refractivity contribution in [1.29, 1.82) is 0 Å². The van der Waals surface area contributed by atoms with E-state index < -0.39 is 0 Å². The van der Waals surface area contributed by atoms with Crippen molar-refractivity contribution in [3.63, 3.8) is 0 Å². The van der Waals surface area contributed by atoms with Crippen molar-refractivity contribution in [3.8, 4) is 0 Å². The van der Waals surface area contributed by atoms with Crippen LogP contribution in [0.15, 0.2) is 34.2 Å². The molecule has 1 N–H and O–H groups in total. The Bertz CT molecular complexity index is 688. The molecule has 2 aromatic rings. The topological polar surface area (TPSA) is 58.6 Å². The lowest BCUT2D eigenvalue weighted by Gasteiger charge is -2.39. The maximum absolute atomic E-state index is 5.60. The second kappa shape index (κ2) is 7.11. The van der Waals surface area contributed by atoms with Gasteiger partial charge in [-0.15, -0.1) is 0 Å². The van der Waals surface area contributed by atoms with Crippen LogP contribution in [0.2, 0.25) is 0 Å². The number of hydrogen-bond donors (Lipinski definition) is 1. The van der Waals surface area contributed by atoms with Crippen molar-refractivity contribution in [3.05, 3.63) is 41.9 Å². The van der Waals surface area contributed by atoms with Crippen LogP contribution in [0, 0.1) is 19.8 Å². The number of furan rings is 1. The first-order chi connectivity index (χ1) is 11.6. The highest BCUT2D eigenvalue weighted by Crippen LogP contribution is 2.27. The monoisotopic (exact) mass is 329 g/mol. The Morgan fingerprint density at radius 2 is 2.29 bits per heavy atom. The minimum absolute atomic E-state index is 0.428. The Kier molecular flexibility index (Phi) is 4.92. The fourth-order valence-corrected chi connectivity index (χ4v) is 3.46. The van der Waals surface area contributed by atoms with Crippen molar-refractivity contribution in [2.45, 2.75) is 39.8 Å². The van der Waals surface area contributed by atoms with E-state index in [1.165, 1.54) is 5.56 Å². The number of piperidine rings is 1. The normalized spacial score (nSPS) is 22.0. The largest absolute Gasteiger partial charge is 0.466 e. The lowest BCUT2D eigenvalue weighted by Crippen LogP contribution is -2.48. The Hall–Kier alpha value is -2.24. The summed E-state index contributed by atoms with van der Waals surface area (Å²) in [5, 5.41) is 3.48. The lowest BCUT2D eigenvalue weighted by atomic mass is 9.93. The third-order valence-electron chi connectivity index (χ3n) is 4.92.